The second kappa shape index (κ2) is 7.52. The number of nitrogens with one attached hydrogen (secondary N) is 1. The molecule has 1 aliphatic heterocycles. The number of carbonyl (C=O) groups excluding carboxylic acids is 2. The second-order valence-corrected chi connectivity index (χ2v) is 7.59. The van der Waals surface area contributed by atoms with Gasteiger partial charge in [-0.15, -0.1) is 0 Å². The number of hydrogen-bond donors (Lipinski definition) is 1. The number of ketones is 1. The van der Waals surface area contributed by atoms with Crippen LogP contribution >= 0.6 is 15.9 Å². The number of aliphatic imine (C=N–C) groups is 1. The molecular weight excluding hydrogens is 416 g/mol. The Kier molecular flexibility index (Phi) is 4.92. The molecule has 28 heavy (non-hydrogen) atoms. The van der Waals surface area contributed by atoms with Gasteiger partial charge < -0.3 is 5.32 Å². The third-order valence-corrected chi connectivity index (χ3v) is 5.23. The first-order valence-electron chi connectivity index (χ1n) is 8.88. The number of aryl methyl sites for hydroxylation is 1. The lowest BCUT2D eigenvalue weighted by Crippen LogP contribution is -2.43. The fraction of sp³-hybridized carbons (Fsp3) is 0.0870. The molecule has 5 heteroatoms. The van der Waals surface area contributed by atoms with E-state index in [0.717, 1.165) is 10.0 Å². The first-order valence-corrected chi connectivity index (χ1v) is 9.67. The van der Waals surface area contributed by atoms with E-state index in [1.807, 2.05) is 55.5 Å². The van der Waals surface area contributed by atoms with E-state index in [1.165, 1.54) is 0 Å². The lowest BCUT2D eigenvalue weighted by molar-refractivity contribution is 0.0954. The molecule has 0 spiro atoms. The molecule has 3 aromatic rings. The summed E-state index contributed by atoms with van der Waals surface area (Å²) in [5.74, 6) is -0.677. The van der Waals surface area contributed by atoms with E-state index in [2.05, 4.69) is 26.2 Å². The highest BCUT2D eigenvalue weighted by atomic mass is 79.9. The highest BCUT2D eigenvalue weighted by Gasteiger charge is 2.36. The Morgan fingerprint density at radius 1 is 0.964 bits per heavy atom. The van der Waals surface area contributed by atoms with Crippen LogP contribution in [-0.4, -0.2) is 17.5 Å². The van der Waals surface area contributed by atoms with Crippen LogP contribution in [0.1, 0.15) is 37.8 Å². The van der Waals surface area contributed by atoms with Gasteiger partial charge in [0.15, 0.2) is 5.78 Å². The van der Waals surface area contributed by atoms with Crippen molar-refractivity contribution in [1.82, 2.24) is 5.32 Å². The third-order valence-electron chi connectivity index (χ3n) is 4.71. The van der Waals surface area contributed by atoms with E-state index in [1.54, 1.807) is 24.3 Å². The predicted octanol–water partition coefficient (Wildman–Crippen LogP) is 5.20. The number of nitrogens with zero attached hydrogens (tertiary/aromatic N) is 1. The van der Waals surface area contributed by atoms with Crippen LogP contribution in [0.2, 0.25) is 0 Å². The van der Waals surface area contributed by atoms with Crippen molar-refractivity contribution in [1.29, 1.82) is 0 Å². The Balaban J connectivity index is 1.84. The van der Waals surface area contributed by atoms with Crippen molar-refractivity contribution >= 4 is 39.1 Å². The Hall–Kier alpha value is -3.05. The van der Waals surface area contributed by atoms with Crippen molar-refractivity contribution in [3.63, 3.8) is 0 Å². The molecule has 0 aromatic heterocycles. The summed E-state index contributed by atoms with van der Waals surface area (Å²) < 4.78 is 0.898. The Bertz CT molecular complexity index is 1090. The maximum absolute atomic E-state index is 13.4. The quantitative estimate of drug-likeness (QED) is 0.578. The molecule has 0 saturated heterocycles. The third kappa shape index (κ3) is 3.53. The average Bonchev–Trinajstić information content (AvgIpc) is 2.70. The van der Waals surface area contributed by atoms with E-state index >= 15 is 0 Å². The molecule has 1 heterocycles. The van der Waals surface area contributed by atoms with Crippen LogP contribution in [0.25, 0.3) is 0 Å². The summed E-state index contributed by atoms with van der Waals surface area (Å²) in [4.78, 5) is 30.6. The predicted molar refractivity (Wildman–Crippen MR) is 113 cm³/mol. The van der Waals surface area contributed by atoms with Gasteiger partial charge in [-0.05, 0) is 42.8 Å². The number of carbonyl (C=O) groups is 2. The van der Waals surface area contributed by atoms with Crippen LogP contribution < -0.4 is 5.32 Å². The summed E-state index contributed by atoms with van der Waals surface area (Å²) in [6.07, 6.45) is 0. The van der Waals surface area contributed by atoms with Crippen LogP contribution in [-0.2, 0) is 0 Å². The van der Waals surface area contributed by atoms with E-state index in [9.17, 15) is 9.59 Å². The Labute approximate surface area is 171 Å². The molecule has 138 valence electrons. The number of rotatable bonds is 3. The molecule has 1 unspecified atom stereocenters. The van der Waals surface area contributed by atoms with E-state index in [0.29, 0.717) is 28.2 Å². The van der Waals surface area contributed by atoms with Crippen LogP contribution in [0.4, 0.5) is 5.69 Å². The fourth-order valence-electron chi connectivity index (χ4n) is 3.26. The molecule has 1 N–H and O–H groups in total. The van der Waals surface area contributed by atoms with Crippen LogP contribution in [0, 0.1) is 6.92 Å². The number of halogens is 1. The SMILES string of the molecule is Cc1ccc(N=C2NC(=O)c3ccccc3C2C(=O)c2ccc(Br)cc2)cc1. The highest BCUT2D eigenvalue weighted by molar-refractivity contribution is 9.10. The molecule has 4 nitrogen and oxygen atoms in total. The van der Waals surface area contributed by atoms with E-state index < -0.39 is 5.92 Å². The smallest absolute Gasteiger partial charge is 0.256 e. The summed E-state index contributed by atoms with van der Waals surface area (Å²) in [7, 11) is 0. The summed E-state index contributed by atoms with van der Waals surface area (Å²) in [6.45, 7) is 2.00. The van der Waals surface area contributed by atoms with Crippen LogP contribution in [0.5, 0.6) is 0 Å². The number of amidine groups is 1. The van der Waals surface area contributed by atoms with Gasteiger partial charge in [-0.3, -0.25) is 9.59 Å². The Morgan fingerprint density at radius 3 is 2.36 bits per heavy atom. The van der Waals surface area contributed by atoms with Gasteiger partial charge in [0, 0.05) is 15.6 Å². The van der Waals surface area contributed by atoms with Gasteiger partial charge >= 0.3 is 0 Å². The zero-order valence-corrected chi connectivity index (χ0v) is 16.7. The highest BCUT2D eigenvalue weighted by Crippen LogP contribution is 2.30. The molecule has 4 rings (SSSR count). The average molecular weight is 433 g/mol. The lowest BCUT2D eigenvalue weighted by Gasteiger charge is -2.26. The van der Waals surface area contributed by atoms with Gasteiger partial charge in [-0.1, -0.05) is 64.0 Å². The van der Waals surface area contributed by atoms with Crippen LogP contribution in [0.15, 0.2) is 82.3 Å². The number of amides is 1. The number of hydrogen-bond acceptors (Lipinski definition) is 3. The van der Waals surface area contributed by atoms with Crippen molar-refractivity contribution in [2.75, 3.05) is 0 Å². The minimum absolute atomic E-state index is 0.106. The van der Waals surface area contributed by atoms with Crippen molar-refractivity contribution in [3.8, 4) is 0 Å². The monoisotopic (exact) mass is 432 g/mol. The van der Waals surface area contributed by atoms with Gasteiger partial charge in [0.2, 0.25) is 0 Å². The van der Waals surface area contributed by atoms with Crippen molar-refractivity contribution in [3.05, 3.63) is 99.5 Å². The minimum atomic E-state index is -0.670. The summed E-state index contributed by atoms with van der Waals surface area (Å²) >= 11 is 3.39. The number of benzene rings is 3. The van der Waals surface area contributed by atoms with Crippen molar-refractivity contribution < 1.29 is 9.59 Å². The molecule has 0 aliphatic carbocycles. The van der Waals surface area contributed by atoms with Crippen molar-refractivity contribution in [2.24, 2.45) is 4.99 Å². The fourth-order valence-corrected chi connectivity index (χ4v) is 3.52. The van der Waals surface area contributed by atoms with Crippen LogP contribution in [0.3, 0.4) is 0 Å². The summed E-state index contributed by atoms with van der Waals surface area (Å²) in [5, 5.41) is 2.83. The normalized spacial score (nSPS) is 17.1. The first-order chi connectivity index (χ1) is 13.5. The molecule has 0 radical (unpaired) electrons. The topological polar surface area (TPSA) is 58.5 Å². The summed E-state index contributed by atoms with van der Waals surface area (Å²) in [6, 6.07) is 22.0. The largest absolute Gasteiger partial charge is 0.309 e. The van der Waals surface area contributed by atoms with Gasteiger partial charge in [0.25, 0.3) is 5.91 Å². The molecule has 1 atom stereocenters. The number of fused-ring (bicyclic) bond motifs is 1. The van der Waals surface area contributed by atoms with Gasteiger partial charge in [0.1, 0.15) is 11.8 Å². The Morgan fingerprint density at radius 2 is 1.64 bits per heavy atom. The molecule has 0 fully saturated rings. The van der Waals surface area contributed by atoms with E-state index in [-0.39, 0.29) is 11.7 Å². The maximum atomic E-state index is 13.4. The van der Waals surface area contributed by atoms with Gasteiger partial charge in [-0.25, -0.2) is 4.99 Å². The zero-order valence-electron chi connectivity index (χ0n) is 15.1. The standard InChI is InChI=1S/C23H17BrN2O2/c1-14-6-12-17(13-7-14)25-22-20(21(27)15-8-10-16(24)11-9-15)18-4-2-3-5-19(18)23(28)26-22/h2-13,20H,1H3,(H,25,26,28). The summed E-state index contributed by atoms with van der Waals surface area (Å²) in [5.41, 5.74) is 3.54. The molecule has 1 amide bonds. The molecular formula is C23H17BrN2O2. The minimum Gasteiger partial charge on any atom is -0.309 e. The molecule has 0 bridgehead atoms. The molecule has 0 saturated carbocycles. The lowest BCUT2D eigenvalue weighted by atomic mass is 9.84. The van der Waals surface area contributed by atoms with E-state index in [4.69, 9.17) is 0 Å². The van der Waals surface area contributed by atoms with Crippen molar-refractivity contribution in [2.45, 2.75) is 12.8 Å². The molecule has 3 aromatic carbocycles. The maximum Gasteiger partial charge on any atom is 0.256 e. The van der Waals surface area contributed by atoms with Gasteiger partial charge in [-0.2, -0.15) is 0 Å². The zero-order chi connectivity index (χ0) is 19.7. The number of Topliss-reactive ketones (excluding diaryl/α,β-unsaturated/α-hetero) is 1. The molecule has 1 aliphatic rings. The van der Waals surface area contributed by atoms with Gasteiger partial charge in [0.05, 0.1) is 5.69 Å². The first kappa shape index (κ1) is 18.3. The second-order valence-electron chi connectivity index (χ2n) is 6.68.